The molecule has 0 amide bonds. The van der Waals surface area contributed by atoms with Gasteiger partial charge in [-0.05, 0) is 25.0 Å². The van der Waals surface area contributed by atoms with Gasteiger partial charge in [-0.25, -0.2) is 18.6 Å². The summed E-state index contributed by atoms with van der Waals surface area (Å²) in [5, 5.41) is 9.25. The van der Waals surface area contributed by atoms with Gasteiger partial charge in [0.05, 0.1) is 0 Å². The van der Waals surface area contributed by atoms with Gasteiger partial charge in [0.25, 0.3) is 0 Å². The highest BCUT2D eigenvalue weighted by molar-refractivity contribution is 5.95. The summed E-state index contributed by atoms with van der Waals surface area (Å²) in [7, 11) is 0. The van der Waals surface area contributed by atoms with E-state index in [0.717, 1.165) is 0 Å². The van der Waals surface area contributed by atoms with E-state index < -0.39 is 36.0 Å². The van der Waals surface area contributed by atoms with Crippen LogP contribution in [0.4, 0.5) is 27.8 Å². The van der Waals surface area contributed by atoms with Crippen molar-refractivity contribution in [1.29, 1.82) is 0 Å². The first-order chi connectivity index (χ1) is 10.5. The van der Waals surface area contributed by atoms with E-state index in [1.807, 2.05) is 0 Å². The molecule has 0 spiro atoms. The van der Waals surface area contributed by atoms with Crippen LogP contribution in [-0.4, -0.2) is 35.1 Å². The van der Waals surface area contributed by atoms with Crippen LogP contribution in [0.15, 0.2) is 6.07 Å². The number of carboxylic acid groups (broad SMARTS) is 1. The summed E-state index contributed by atoms with van der Waals surface area (Å²) < 4.78 is 65.5. The molecule has 1 aliphatic heterocycles. The van der Waals surface area contributed by atoms with Crippen LogP contribution in [0.1, 0.15) is 40.9 Å². The number of aryl methyl sites for hydroxylation is 1. The molecular weight excluding hydrogens is 323 g/mol. The monoisotopic (exact) mass is 338 g/mol. The van der Waals surface area contributed by atoms with E-state index in [9.17, 15) is 31.9 Å². The Morgan fingerprint density at radius 1 is 1.30 bits per heavy atom. The number of anilines is 1. The Balaban J connectivity index is 2.50. The Kier molecular flexibility index (Phi) is 4.50. The summed E-state index contributed by atoms with van der Waals surface area (Å²) in [6, 6.07) is 0.652. The van der Waals surface area contributed by atoms with E-state index in [4.69, 9.17) is 0 Å². The average Bonchev–Trinajstić information content (AvgIpc) is 2.57. The van der Waals surface area contributed by atoms with Crippen molar-refractivity contribution in [2.24, 2.45) is 0 Å². The Morgan fingerprint density at radius 2 is 1.96 bits per heavy atom. The first kappa shape index (κ1) is 17.4. The van der Waals surface area contributed by atoms with Gasteiger partial charge in [0, 0.05) is 25.9 Å². The van der Waals surface area contributed by atoms with E-state index in [2.05, 4.69) is 4.98 Å². The van der Waals surface area contributed by atoms with Crippen LogP contribution < -0.4 is 4.90 Å². The number of hydrogen-bond acceptors (Lipinski definition) is 3. The predicted octanol–water partition coefficient (Wildman–Crippen LogP) is 3.73. The Bertz CT molecular complexity index is 616. The van der Waals surface area contributed by atoms with Crippen molar-refractivity contribution in [1.82, 2.24) is 4.98 Å². The number of alkyl halides is 5. The average molecular weight is 338 g/mol. The Hall–Kier alpha value is -1.93. The Labute approximate surface area is 128 Å². The SMILES string of the molecule is Cc1cc(C(F)(F)F)nc(N2CCCC(F)(F)CC2)c1C(=O)O. The van der Waals surface area contributed by atoms with Gasteiger partial charge in [-0.2, -0.15) is 13.2 Å². The molecule has 4 nitrogen and oxygen atoms in total. The van der Waals surface area contributed by atoms with Gasteiger partial charge in [0.2, 0.25) is 5.92 Å². The minimum atomic E-state index is -4.74. The maximum atomic E-state index is 13.4. The molecular formula is C14H15F5N2O2. The lowest BCUT2D eigenvalue weighted by Crippen LogP contribution is -2.29. The van der Waals surface area contributed by atoms with Crippen LogP contribution in [0.5, 0.6) is 0 Å². The zero-order valence-corrected chi connectivity index (χ0v) is 12.3. The molecule has 1 aliphatic rings. The van der Waals surface area contributed by atoms with Gasteiger partial charge in [-0.15, -0.1) is 0 Å². The third-order valence-corrected chi connectivity index (χ3v) is 3.72. The van der Waals surface area contributed by atoms with E-state index >= 15 is 0 Å². The number of carbonyl (C=O) groups is 1. The van der Waals surface area contributed by atoms with Crippen molar-refractivity contribution in [2.75, 3.05) is 18.0 Å². The minimum Gasteiger partial charge on any atom is -0.478 e. The second-order valence-corrected chi connectivity index (χ2v) is 5.52. The lowest BCUT2D eigenvalue weighted by Gasteiger charge is -2.25. The molecule has 0 aromatic carbocycles. The maximum absolute atomic E-state index is 13.4. The van der Waals surface area contributed by atoms with Gasteiger partial charge in [-0.3, -0.25) is 0 Å². The summed E-state index contributed by atoms with van der Waals surface area (Å²) in [5.41, 5.74) is -1.72. The van der Waals surface area contributed by atoms with E-state index in [1.165, 1.54) is 11.8 Å². The van der Waals surface area contributed by atoms with Crippen LogP contribution in [0.25, 0.3) is 0 Å². The molecule has 0 unspecified atom stereocenters. The normalized spacial score (nSPS) is 18.6. The number of carboxylic acids is 1. The first-order valence-electron chi connectivity index (χ1n) is 6.96. The van der Waals surface area contributed by atoms with Crippen LogP contribution in [0.2, 0.25) is 0 Å². The molecule has 1 N–H and O–H groups in total. The molecule has 2 rings (SSSR count). The van der Waals surface area contributed by atoms with Gasteiger partial charge >= 0.3 is 12.1 Å². The third kappa shape index (κ3) is 3.89. The van der Waals surface area contributed by atoms with E-state index in [-0.39, 0.29) is 37.1 Å². The zero-order valence-electron chi connectivity index (χ0n) is 12.3. The van der Waals surface area contributed by atoms with E-state index in [1.54, 1.807) is 0 Å². The molecule has 0 aliphatic carbocycles. The smallest absolute Gasteiger partial charge is 0.433 e. The summed E-state index contributed by atoms with van der Waals surface area (Å²) >= 11 is 0. The predicted molar refractivity (Wildman–Crippen MR) is 71.9 cm³/mol. The largest absolute Gasteiger partial charge is 0.478 e. The highest BCUT2D eigenvalue weighted by Gasteiger charge is 2.37. The molecule has 0 radical (unpaired) electrons. The number of nitrogens with zero attached hydrogens (tertiary/aromatic N) is 2. The molecule has 23 heavy (non-hydrogen) atoms. The highest BCUT2D eigenvalue weighted by atomic mass is 19.4. The molecule has 9 heteroatoms. The van der Waals surface area contributed by atoms with Crippen molar-refractivity contribution < 1.29 is 31.9 Å². The summed E-state index contributed by atoms with van der Waals surface area (Å²) in [6.45, 7) is 1.01. The van der Waals surface area contributed by atoms with Crippen LogP contribution in [0.3, 0.4) is 0 Å². The fourth-order valence-electron chi connectivity index (χ4n) is 2.57. The number of pyridine rings is 1. The van der Waals surface area contributed by atoms with Crippen molar-refractivity contribution in [3.8, 4) is 0 Å². The minimum absolute atomic E-state index is 0.0314. The fraction of sp³-hybridized carbons (Fsp3) is 0.571. The van der Waals surface area contributed by atoms with Gasteiger partial charge in [0.1, 0.15) is 17.1 Å². The molecule has 1 saturated heterocycles. The molecule has 1 aromatic rings. The van der Waals surface area contributed by atoms with Gasteiger partial charge in [0.15, 0.2) is 0 Å². The van der Waals surface area contributed by atoms with Crippen LogP contribution >= 0.6 is 0 Å². The number of rotatable bonds is 2. The summed E-state index contributed by atoms with van der Waals surface area (Å²) in [4.78, 5) is 16.0. The van der Waals surface area contributed by atoms with Crippen molar-refractivity contribution in [3.05, 3.63) is 22.9 Å². The molecule has 0 bridgehead atoms. The number of aromatic carboxylic acids is 1. The van der Waals surface area contributed by atoms with E-state index in [0.29, 0.717) is 6.07 Å². The molecule has 1 aromatic heterocycles. The number of hydrogen-bond donors (Lipinski definition) is 1. The van der Waals surface area contributed by atoms with Gasteiger partial charge < -0.3 is 10.0 Å². The zero-order chi connectivity index (χ0) is 17.4. The van der Waals surface area contributed by atoms with Crippen molar-refractivity contribution in [3.63, 3.8) is 0 Å². The molecule has 0 saturated carbocycles. The first-order valence-corrected chi connectivity index (χ1v) is 6.96. The van der Waals surface area contributed by atoms with Gasteiger partial charge in [-0.1, -0.05) is 0 Å². The van der Waals surface area contributed by atoms with Crippen molar-refractivity contribution in [2.45, 2.75) is 38.3 Å². The van der Waals surface area contributed by atoms with Crippen LogP contribution in [-0.2, 0) is 6.18 Å². The summed E-state index contributed by atoms with van der Waals surface area (Å²) in [6.07, 6.45) is -5.64. The fourth-order valence-corrected chi connectivity index (χ4v) is 2.57. The molecule has 0 atom stereocenters. The third-order valence-electron chi connectivity index (χ3n) is 3.72. The van der Waals surface area contributed by atoms with Crippen molar-refractivity contribution >= 4 is 11.8 Å². The maximum Gasteiger partial charge on any atom is 0.433 e. The summed E-state index contributed by atoms with van der Waals surface area (Å²) in [5.74, 6) is -4.74. The quantitative estimate of drug-likeness (QED) is 0.835. The lowest BCUT2D eigenvalue weighted by molar-refractivity contribution is -0.141. The number of aromatic nitrogens is 1. The highest BCUT2D eigenvalue weighted by Crippen LogP contribution is 2.35. The van der Waals surface area contributed by atoms with Crippen LogP contribution in [0, 0.1) is 6.92 Å². The molecule has 128 valence electrons. The molecule has 1 fully saturated rings. The molecule has 2 heterocycles. The Morgan fingerprint density at radius 3 is 2.52 bits per heavy atom. The number of halogens is 5. The lowest BCUT2D eigenvalue weighted by atomic mass is 10.1. The second-order valence-electron chi connectivity index (χ2n) is 5.52. The standard InChI is InChI=1S/C14H15F5N2O2/c1-8-7-9(14(17,18)19)20-11(10(8)12(22)23)21-5-2-3-13(15,16)4-6-21/h7H,2-6H2,1H3,(H,22,23). The topological polar surface area (TPSA) is 53.4 Å². The second kappa shape index (κ2) is 5.93.